The van der Waals surface area contributed by atoms with Crippen LogP contribution in [0.25, 0.3) is 0 Å². The Labute approximate surface area is 126 Å². The van der Waals surface area contributed by atoms with E-state index >= 15 is 0 Å². The third kappa shape index (κ3) is 3.68. The van der Waals surface area contributed by atoms with Gasteiger partial charge in [-0.3, -0.25) is 4.79 Å². The first kappa shape index (κ1) is 14.7. The Morgan fingerprint density at radius 3 is 2.85 bits per heavy atom. The Morgan fingerprint density at radius 1 is 1.45 bits per heavy atom. The van der Waals surface area contributed by atoms with Crippen LogP contribution in [0.1, 0.15) is 6.92 Å². The number of thioether (sulfide) groups is 1. The van der Waals surface area contributed by atoms with Crippen molar-refractivity contribution in [2.24, 2.45) is 0 Å². The predicted octanol–water partition coefficient (Wildman–Crippen LogP) is 3.46. The smallest absolute Gasteiger partial charge is 0.237 e. The second-order valence-electron chi connectivity index (χ2n) is 4.13. The van der Waals surface area contributed by atoms with E-state index in [2.05, 4.69) is 5.32 Å². The first-order chi connectivity index (χ1) is 9.60. The second-order valence-corrected chi connectivity index (χ2v) is 6.72. The van der Waals surface area contributed by atoms with Crippen LogP contribution in [-0.2, 0) is 4.79 Å². The highest BCUT2D eigenvalue weighted by molar-refractivity contribution is 8.02. The van der Waals surface area contributed by atoms with Crippen LogP contribution in [0.15, 0.2) is 39.9 Å². The zero-order valence-corrected chi connectivity index (χ0v) is 12.9. The van der Waals surface area contributed by atoms with Crippen LogP contribution in [0.2, 0.25) is 0 Å². The summed E-state index contributed by atoms with van der Waals surface area (Å²) in [4.78, 5) is 12.1. The molecule has 0 bridgehead atoms. The van der Waals surface area contributed by atoms with Crippen molar-refractivity contribution < 1.29 is 9.53 Å². The van der Waals surface area contributed by atoms with Crippen molar-refractivity contribution >= 4 is 40.4 Å². The summed E-state index contributed by atoms with van der Waals surface area (Å²) in [5.74, 6) is 0.599. The minimum Gasteiger partial charge on any atom is -0.497 e. The van der Waals surface area contributed by atoms with E-state index in [1.54, 1.807) is 36.6 Å². The molecule has 0 aliphatic carbocycles. The molecule has 2 rings (SSSR count). The van der Waals surface area contributed by atoms with E-state index in [-0.39, 0.29) is 11.2 Å². The largest absolute Gasteiger partial charge is 0.497 e. The van der Waals surface area contributed by atoms with E-state index in [1.165, 1.54) is 11.8 Å². The Kier molecular flexibility index (Phi) is 4.92. The second kappa shape index (κ2) is 6.67. The number of methoxy groups -OCH3 is 1. The van der Waals surface area contributed by atoms with Crippen molar-refractivity contribution in [1.29, 1.82) is 0 Å². The molecule has 1 unspecified atom stereocenters. The highest BCUT2D eigenvalue weighted by Crippen LogP contribution is 2.29. The van der Waals surface area contributed by atoms with Gasteiger partial charge >= 0.3 is 0 Å². The molecular weight excluding hydrogens is 292 g/mol. The van der Waals surface area contributed by atoms with Gasteiger partial charge in [0.15, 0.2) is 0 Å². The molecule has 20 heavy (non-hydrogen) atoms. The third-order valence-electron chi connectivity index (χ3n) is 2.67. The lowest BCUT2D eigenvalue weighted by molar-refractivity contribution is -0.115. The fourth-order valence-corrected chi connectivity index (χ4v) is 3.52. The first-order valence-corrected chi connectivity index (χ1v) is 7.80. The van der Waals surface area contributed by atoms with Gasteiger partial charge in [-0.05, 0) is 30.5 Å². The number of nitrogens with two attached hydrogens (primary N) is 1. The molecule has 0 spiro atoms. The zero-order chi connectivity index (χ0) is 14.5. The van der Waals surface area contributed by atoms with Gasteiger partial charge in [-0.1, -0.05) is 6.07 Å². The molecule has 1 amide bonds. The molecule has 1 heterocycles. The molecule has 0 radical (unpaired) electrons. The SMILES string of the molecule is COc1ccc(NC(=O)C(C)Sc2cccs2)c(N)c1. The lowest BCUT2D eigenvalue weighted by Gasteiger charge is -2.13. The Bertz CT molecular complexity index is 585. The molecule has 6 heteroatoms. The van der Waals surface area contributed by atoms with Crippen molar-refractivity contribution in [3.05, 3.63) is 35.7 Å². The van der Waals surface area contributed by atoms with E-state index in [9.17, 15) is 4.79 Å². The van der Waals surface area contributed by atoms with E-state index in [0.717, 1.165) is 4.21 Å². The summed E-state index contributed by atoms with van der Waals surface area (Å²) < 4.78 is 6.20. The van der Waals surface area contributed by atoms with Gasteiger partial charge in [0.2, 0.25) is 5.91 Å². The molecule has 0 aliphatic heterocycles. The van der Waals surface area contributed by atoms with Crippen LogP contribution >= 0.6 is 23.1 Å². The number of nitrogen functional groups attached to an aromatic ring is 1. The van der Waals surface area contributed by atoms with Crippen molar-refractivity contribution in [2.45, 2.75) is 16.4 Å². The normalized spacial score (nSPS) is 11.9. The summed E-state index contributed by atoms with van der Waals surface area (Å²) in [5, 5.41) is 4.65. The highest BCUT2D eigenvalue weighted by atomic mass is 32.2. The molecule has 1 atom stereocenters. The fourth-order valence-electron chi connectivity index (χ4n) is 1.57. The third-order valence-corrected chi connectivity index (χ3v) is 4.85. The van der Waals surface area contributed by atoms with E-state index in [0.29, 0.717) is 17.1 Å². The molecular formula is C14H16N2O2S2. The number of amides is 1. The van der Waals surface area contributed by atoms with Gasteiger partial charge in [-0.25, -0.2) is 0 Å². The number of hydrogen-bond acceptors (Lipinski definition) is 5. The van der Waals surface area contributed by atoms with Gasteiger partial charge in [0.05, 0.1) is 27.9 Å². The topological polar surface area (TPSA) is 64.3 Å². The summed E-state index contributed by atoms with van der Waals surface area (Å²) in [6.07, 6.45) is 0. The number of anilines is 2. The van der Waals surface area contributed by atoms with Crippen LogP contribution < -0.4 is 15.8 Å². The van der Waals surface area contributed by atoms with Gasteiger partial charge in [-0.2, -0.15) is 0 Å². The minimum absolute atomic E-state index is 0.0692. The molecule has 4 nitrogen and oxygen atoms in total. The number of benzene rings is 1. The van der Waals surface area contributed by atoms with Gasteiger partial charge < -0.3 is 15.8 Å². The maximum absolute atomic E-state index is 12.1. The lowest BCUT2D eigenvalue weighted by atomic mass is 10.2. The van der Waals surface area contributed by atoms with E-state index < -0.39 is 0 Å². The van der Waals surface area contributed by atoms with Crippen molar-refractivity contribution in [3.8, 4) is 5.75 Å². The monoisotopic (exact) mass is 308 g/mol. The summed E-state index contributed by atoms with van der Waals surface area (Å²) in [7, 11) is 1.58. The predicted molar refractivity (Wildman–Crippen MR) is 85.7 cm³/mol. The standard InChI is InChI=1S/C14H16N2O2S2/c1-9(20-13-4-3-7-19-13)14(17)16-12-6-5-10(18-2)8-11(12)15/h3-9H,15H2,1-2H3,(H,16,17). The molecule has 0 saturated carbocycles. The molecule has 2 aromatic rings. The number of thiophene rings is 1. The molecule has 1 aromatic carbocycles. The summed E-state index contributed by atoms with van der Waals surface area (Å²) in [5.41, 5.74) is 6.98. The number of hydrogen-bond donors (Lipinski definition) is 2. The summed E-state index contributed by atoms with van der Waals surface area (Å²) >= 11 is 3.16. The number of rotatable bonds is 5. The quantitative estimate of drug-likeness (QED) is 0.656. The van der Waals surface area contributed by atoms with Crippen molar-refractivity contribution in [3.63, 3.8) is 0 Å². The number of carbonyl (C=O) groups excluding carboxylic acids is 1. The molecule has 0 fully saturated rings. The van der Waals surface area contributed by atoms with Crippen LogP contribution in [-0.4, -0.2) is 18.3 Å². The van der Waals surface area contributed by atoms with Crippen LogP contribution in [0.4, 0.5) is 11.4 Å². The van der Waals surface area contributed by atoms with Gasteiger partial charge in [0.1, 0.15) is 5.75 Å². The summed E-state index contributed by atoms with van der Waals surface area (Å²) in [6, 6.07) is 9.17. The Balaban J connectivity index is 2.00. The summed E-state index contributed by atoms with van der Waals surface area (Å²) in [6.45, 7) is 1.87. The van der Waals surface area contributed by atoms with Gasteiger partial charge in [-0.15, -0.1) is 23.1 Å². The maximum Gasteiger partial charge on any atom is 0.237 e. The first-order valence-electron chi connectivity index (χ1n) is 6.04. The number of ether oxygens (including phenoxy) is 1. The Hall–Kier alpha value is -1.66. The molecule has 1 aromatic heterocycles. The minimum atomic E-state index is -0.185. The Morgan fingerprint density at radius 2 is 2.25 bits per heavy atom. The fraction of sp³-hybridized carbons (Fsp3) is 0.214. The van der Waals surface area contributed by atoms with Crippen molar-refractivity contribution in [2.75, 3.05) is 18.2 Å². The molecule has 0 aliphatic rings. The highest BCUT2D eigenvalue weighted by Gasteiger charge is 2.16. The lowest BCUT2D eigenvalue weighted by Crippen LogP contribution is -2.22. The van der Waals surface area contributed by atoms with E-state index in [4.69, 9.17) is 10.5 Å². The zero-order valence-electron chi connectivity index (χ0n) is 11.3. The number of nitrogens with one attached hydrogen (secondary N) is 1. The van der Waals surface area contributed by atoms with E-state index in [1.807, 2.05) is 24.4 Å². The van der Waals surface area contributed by atoms with Crippen LogP contribution in [0, 0.1) is 0 Å². The number of carbonyl (C=O) groups is 1. The van der Waals surface area contributed by atoms with Gasteiger partial charge in [0, 0.05) is 6.07 Å². The maximum atomic E-state index is 12.1. The molecule has 106 valence electrons. The van der Waals surface area contributed by atoms with Crippen LogP contribution in [0.3, 0.4) is 0 Å². The molecule has 0 saturated heterocycles. The van der Waals surface area contributed by atoms with Crippen LogP contribution in [0.5, 0.6) is 5.75 Å². The van der Waals surface area contributed by atoms with Crippen molar-refractivity contribution in [1.82, 2.24) is 0 Å². The van der Waals surface area contributed by atoms with Gasteiger partial charge in [0.25, 0.3) is 0 Å². The average Bonchev–Trinajstić information content (AvgIpc) is 2.93. The molecule has 3 N–H and O–H groups in total. The average molecular weight is 308 g/mol.